The Bertz CT molecular complexity index is 1380. The number of methoxy groups -OCH3 is 1. The first-order valence-electron chi connectivity index (χ1n) is 11.2. The van der Waals surface area contributed by atoms with E-state index in [9.17, 15) is 19.2 Å². The fourth-order valence-electron chi connectivity index (χ4n) is 6.56. The summed E-state index contributed by atoms with van der Waals surface area (Å²) in [6.45, 7) is 1.50. The van der Waals surface area contributed by atoms with E-state index in [1.54, 1.807) is 18.2 Å². The van der Waals surface area contributed by atoms with Crippen molar-refractivity contribution in [3.8, 4) is 0 Å². The number of ketones is 1. The Morgan fingerprint density at radius 3 is 1.97 bits per heavy atom. The van der Waals surface area contributed by atoms with Crippen molar-refractivity contribution in [2.45, 2.75) is 18.3 Å². The van der Waals surface area contributed by atoms with E-state index in [-0.39, 0.29) is 23.0 Å². The van der Waals surface area contributed by atoms with Gasteiger partial charge in [-0.25, -0.2) is 9.69 Å². The molecule has 0 radical (unpaired) electrons. The van der Waals surface area contributed by atoms with Crippen molar-refractivity contribution >= 4 is 29.3 Å². The maximum absolute atomic E-state index is 14.1. The van der Waals surface area contributed by atoms with E-state index in [4.69, 9.17) is 4.74 Å². The molecule has 2 amide bonds. The molecule has 2 atom stereocenters. The number of nitrogens with zero attached hydrogens (tertiary/aromatic N) is 1. The van der Waals surface area contributed by atoms with Crippen LogP contribution in [0.2, 0.25) is 0 Å². The Morgan fingerprint density at radius 2 is 1.38 bits per heavy atom. The number of ether oxygens (including phenoxy) is 1. The molecular weight excluding hydrogens is 430 g/mol. The lowest BCUT2D eigenvalue weighted by molar-refractivity contribution is -0.132. The summed E-state index contributed by atoms with van der Waals surface area (Å²) in [6.07, 6.45) is 0. The number of carbonyl (C=O) groups is 4. The number of anilines is 1. The molecule has 7 rings (SSSR count). The van der Waals surface area contributed by atoms with Gasteiger partial charge in [-0.2, -0.15) is 0 Å². The molecule has 1 saturated heterocycles. The van der Waals surface area contributed by atoms with E-state index in [0.717, 1.165) is 27.2 Å². The fraction of sp³-hybridized carbons (Fsp3) is 0.214. The second-order valence-corrected chi connectivity index (χ2v) is 9.04. The van der Waals surface area contributed by atoms with Crippen LogP contribution in [0, 0.1) is 11.8 Å². The Labute approximate surface area is 196 Å². The molecule has 1 aliphatic heterocycles. The first-order chi connectivity index (χ1) is 16.4. The van der Waals surface area contributed by atoms with Crippen LogP contribution < -0.4 is 4.90 Å². The van der Waals surface area contributed by atoms with Gasteiger partial charge in [0.15, 0.2) is 0 Å². The topological polar surface area (TPSA) is 80.8 Å². The van der Waals surface area contributed by atoms with Crippen LogP contribution in [0.4, 0.5) is 5.69 Å². The molecule has 0 unspecified atom stereocenters. The maximum atomic E-state index is 14.1. The van der Waals surface area contributed by atoms with Crippen molar-refractivity contribution in [1.82, 2.24) is 0 Å². The van der Waals surface area contributed by atoms with Crippen LogP contribution in [0.5, 0.6) is 0 Å². The molecule has 3 aromatic carbocycles. The largest absolute Gasteiger partial charge is 0.465 e. The number of imide groups is 1. The number of esters is 1. The van der Waals surface area contributed by atoms with E-state index < -0.39 is 35.0 Å². The Hall–Kier alpha value is -4.06. The summed E-state index contributed by atoms with van der Waals surface area (Å²) in [7, 11) is 1.25. The third kappa shape index (κ3) is 2.25. The van der Waals surface area contributed by atoms with Gasteiger partial charge in [0.1, 0.15) is 5.78 Å². The second kappa shape index (κ2) is 6.97. The summed E-state index contributed by atoms with van der Waals surface area (Å²) in [6, 6.07) is 21.7. The van der Waals surface area contributed by atoms with Crippen molar-refractivity contribution in [2.24, 2.45) is 11.8 Å². The van der Waals surface area contributed by atoms with Crippen molar-refractivity contribution in [3.63, 3.8) is 0 Å². The molecule has 0 saturated carbocycles. The summed E-state index contributed by atoms with van der Waals surface area (Å²) < 4.78 is 4.90. The lowest BCUT2D eigenvalue weighted by atomic mass is 9.46. The molecular formula is C28H21NO5. The van der Waals surface area contributed by atoms with E-state index in [1.807, 2.05) is 48.5 Å². The number of para-hydroxylation sites is 1. The number of amides is 2. The number of hydrogen-bond donors (Lipinski definition) is 0. The van der Waals surface area contributed by atoms with Crippen LogP contribution in [0.3, 0.4) is 0 Å². The van der Waals surface area contributed by atoms with Crippen molar-refractivity contribution in [3.05, 3.63) is 101 Å². The van der Waals surface area contributed by atoms with Gasteiger partial charge in [0.25, 0.3) is 0 Å². The van der Waals surface area contributed by atoms with Gasteiger partial charge in [0, 0.05) is 5.92 Å². The molecule has 0 spiro atoms. The molecule has 3 aliphatic carbocycles. The minimum Gasteiger partial charge on any atom is -0.465 e. The predicted molar refractivity (Wildman–Crippen MR) is 123 cm³/mol. The number of carbonyl (C=O) groups excluding carboxylic acids is 4. The predicted octanol–water partition coefficient (Wildman–Crippen LogP) is 3.61. The summed E-state index contributed by atoms with van der Waals surface area (Å²) in [4.78, 5) is 55.3. The van der Waals surface area contributed by atoms with Crippen molar-refractivity contribution in [2.75, 3.05) is 12.0 Å². The van der Waals surface area contributed by atoms with Crippen LogP contribution >= 0.6 is 0 Å². The summed E-state index contributed by atoms with van der Waals surface area (Å²) >= 11 is 0. The van der Waals surface area contributed by atoms with Crippen LogP contribution in [-0.2, 0) is 24.5 Å². The monoisotopic (exact) mass is 451 g/mol. The zero-order valence-electron chi connectivity index (χ0n) is 18.6. The van der Waals surface area contributed by atoms with Gasteiger partial charge in [-0.3, -0.25) is 14.4 Å². The van der Waals surface area contributed by atoms with E-state index >= 15 is 0 Å². The van der Waals surface area contributed by atoms with Gasteiger partial charge in [-0.05, 0) is 41.3 Å². The van der Waals surface area contributed by atoms with Crippen LogP contribution in [0.25, 0.3) is 0 Å². The molecule has 2 bridgehead atoms. The van der Waals surface area contributed by atoms with Gasteiger partial charge in [0.05, 0.1) is 35.6 Å². The van der Waals surface area contributed by atoms with E-state index in [1.165, 1.54) is 20.1 Å². The minimum absolute atomic E-state index is 0.129. The van der Waals surface area contributed by atoms with Gasteiger partial charge >= 0.3 is 5.97 Å². The molecule has 0 aromatic heterocycles. The van der Waals surface area contributed by atoms with Crippen LogP contribution in [0.1, 0.15) is 45.5 Å². The van der Waals surface area contributed by atoms with Crippen molar-refractivity contribution < 1.29 is 23.9 Å². The average Bonchev–Trinajstić information content (AvgIpc) is 3.13. The minimum atomic E-state index is -1.27. The zero-order chi connectivity index (χ0) is 23.8. The highest BCUT2D eigenvalue weighted by molar-refractivity contribution is 6.27. The highest BCUT2D eigenvalue weighted by atomic mass is 16.5. The zero-order valence-corrected chi connectivity index (χ0v) is 18.6. The standard InChI is InChI=1S/C28H21NO5/c1-15(30)28-19-12-6-3-9-16(19)22(17-10-4-7-13-20(17)28)23-24(28)26(32)29(25(23)31)21-14-8-5-11-18(21)27(33)34-2/h3-14,22-24H,1-2H3/t22?,23-,24+,28?/m1/s1. The molecule has 168 valence electrons. The summed E-state index contributed by atoms with van der Waals surface area (Å²) in [5.74, 6) is -3.66. The smallest absolute Gasteiger partial charge is 0.339 e. The molecule has 34 heavy (non-hydrogen) atoms. The lowest BCUT2D eigenvalue weighted by Gasteiger charge is -2.52. The number of Topliss-reactive ketones (excluding diaryl/α,β-unsaturated/α-hetero) is 1. The molecule has 0 N–H and O–H groups in total. The first kappa shape index (κ1) is 20.5. The highest BCUT2D eigenvalue weighted by Crippen LogP contribution is 2.64. The molecule has 3 aromatic rings. The Kier molecular flexibility index (Phi) is 4.21. The van der Waals surface area contributed by atoms with Gasteiger partial charge in [-0.15, -0.1) is 0 Å². The number of rotatable bonds is 3. The Morgan fingerprint density at radius 1 is 0.824 bits per heavy atom. The SMILES string of the molecule is COC(=O)c1ccccc1N1C(=O)[C@@H]2C3c4ccccc4C(C(C)=O)(c4ccccc43)[C@@H]2C1=O. The van der Waals surface area contributed by atoms with Gasteiger partial charge in [0.2, 0.25) is 11.8 Å². The van der Waals surface area contributed by atoms with Gasteiger partial charge < -0.3 is 4.74 Å². The van der Waals surface area contributed by atoms with Crippen molar-refractivity contribution in [1.29, 1.82) is 0 Å². The highest BCUT2D eigenvalue weighted by Gasteiger charge is 2.70. The van der Waals surface area contributed by atoms with E-state index in [2.05, 4.69) is 0 Å². The normalized spacial score (nSPS) is 26.1. The quantitative estimate of drug-likeness (QED) is 0.449. The first-order valence-corrected chi connectivity index (χ1v) is 11.2. The average molecular weight is 451 g/mol. The molecule has 4 aliphatic rings. The lowest BCUT2D eigenvalue weighted by Crippen LogP contribution is -2.57. The third-order valence-electron chi connectivity index (χ3n) is 7.72. The number of benzene rings is 3. The molecule has 1 fully saturated rings. The summed E-state index contributed by atoms with van der Waals surface area (Å²) in [5.41, 5.74) is 2.43. The fourth-order valence-corrected chi connectivity index (χ4v) is 6.56. The molecule has 6 nitrogen and oxygen atoms in total. The van der Waals surface area contributed by atoms with Gasteiger partial charge in [-0.1, -0.05) is 60.7 Å². The maximum Gasteiger partial charge on any atom is 0.339 e. The second-order valence-electron chi connectivity index (χ2n) is 9.04. The third-order valence-corrected chi connectivity index (χ3v) is 7.72. The van der Waals surface area contributed by atoms with Crippen LogP contribution in [-0.4, -0.2) is 30.7 Å². The number of hydrogen-bond acceptors (Lipinski definition) is 5. The summed E-state index contributed by atoms with van der Waals surface area (Å²) in [5, 5.41) is 0. The van der Waals surface area contributed by atoms with Crippen LogP contribution in [0.15, 0.2) is 72.8 Å². The molecule has 6 heteroatoms. The van der Waals surface area contributed by atoms with E-state index in [0.29, 0.717) is 0 Å². The Balaban J connectivity index is 1.65. The molecule has 1 heterocycles.